The average Bonchev–Trinajstić information content (AvgIpc) is 2.64. The molecule has 0 bridgehead atoms. The molecule has 4 heteroatoms. The van der Waals surface area contributed by atoms with E-state index in [2.05, 4.69) is 13.8 Å². The Balaban J connectivity index is 2.32. The van der Waals surface area contributed by atoms with E-state index in [1.54, 1.807) is 11.8 Å². The Morgan fingerprint density at radius 2 is 1.94 bits per heavy atom. The molecule has 1 heterocycles. The third-order valence-corrected chi connectivity index (χ3v) is 5.73. The monoisotopic (exact) mass is 258 g/mol. The van der Waals surface area contributed by atoms with E-state index in [9.17, 15) is 15.0 Å². The molecule has 2 aliphatic rings. The first-order valence-electron chi connectivity index (χ1n) is 6.35. The van der Waals surface area contributed by atoms with Gasteiger partial charge in [-0.1, -0.05) is 20.3 Å². The minimum atomic E-state index is -1.01. The zero-order chi connectivity index (χ0) is 12.7. The Kier molecular flexibility index (Phi) is 3.24. The van der Waals surface area contributed by atoms with E-state index >= 15 is 0 Å². The van der Waals surface area contributed by atoms with Crippen molar-refractivity contribution >= 4 is 17.7 Å². The quantitative estimate of drug-likeness (QED) is 0.799. The molecule has 1 saturated carbocycles. The third-order valence-electron chi connectivity index (χ3n) is 4.54. The van der Waals surface area contributed by atoms with E-state index in [-0.39, 0.29) is 5.41 Å². The summed E-state index contributed by atoms with van der Waals surface area (Å²) in [5.74, 6) is 0.618. The van der Waals surface area contributed by atoms with Gasteiger partial charge in [0.15, 0.2) is 0 Å². The standard InChI is InChI=1S/C13H22O3S/c1-11(2)4-3-5-13(16,8-11)12(10(14)15)6-7-17-9-12/h16H,3-9H2,1-2H3,(H,14,15). The van der Waals surface area contributed by atoms with Gasteiger partial charge in [-0.3, -0.25) is 4.79 Å². The van der Waals surface area contributed by atoms with E-state index in [1.807, 2.05) is 0 Å². The SMILES string of the molecule is CC1(C)CCCC(O)(C2(C(=O)O)CCSC2)C1. The van der Waals surface area contributed by atoms with E-state index < -0.39 is 17.0 Å². The maximum atomic E-state index is 11.7. The summed E-state index contributed by atoms with van der Waals surface area (Å²) in [6.45, 7) is 4.27. The van der Waals surface area contributed by atoms with Crippen LogP contribution in [0, 0.1) is 10.8 Å². The maximum Gasteiger partial charge on any atom is 0.313 e. The number of rotatable bonds is 2. The second kappa shape index (κ2) is 4.16. The second-order valence-corrected chi connectivity index (χ2v) is 7.52. The summed E-state index contributed by atoms with van der Waals surface area (Å²) < 4.78 is 0. The molecular formula is C13H22O3S. The summed E-state index contributed by atoms with van der Waals surface area (Å²) >= 11 is 1.66. The topological polar surface area (TPSA) is 57.5 Å². The van der Waals surface area contributed by atoms with E-state index in [0.29, 0.717) is 25.0 Å². The molecule has 0 aromatic heterocycles. The first kappa shape index (κ1) is 13.2. The van der Waals surface area contributed by atoms with Crippen LogP contribution in [-0.2, 0) is 4.79 Å². The number of carbonyl (C=O) groups is 1. The fourth-order valence-electron chi connectivity index (χ4n) is 3.54. The molecule has 98 valence electrons. The van der Waals surface area contributed by atoms with Gasteiger partial charge < -0.3 is 10.2 Å². The summed E-state index contributed by atoms with van der Waals surface area (Å²) in [6.07, 6.45) is 3.89. The highest BCUT2D eigenvalue weighted by molar-refractivity contribution is 7.99. The Hall–Kier alpha value is -0.220. The molecule has 2 rings (SSSR count). The zero-order valence-corrected chi connectivity index (χ0v) is 11.5. The molecule has 2 N–H and O–H groups in total. The number of aliphatic carboxylic acids is 1. The van der Waals surface area contributed by atoms with Gasteiger partial charge in [-0.15, -0.1) is 0 Å². The number of carboxylic acids is 1. The van der Waals surface area contributed by atoms with Gasteiger partial charge >= 0.3 is 5.97 Å². The molecule has 1 aliphatic heterocycles. The summed E-state index contributed by atoms with van der Waals surface area (Å²) in [5, 5.41) is 20.5. The van der Waals surface area contributed by atoms with E-state index in [1.165, 1.54) is 0 Å². The molecule has 1 saturated heterocycles. The van der Waals surface area contributed by atoms with Crippen LogP contribution in [0.4, 0.5) is 0 Å². The van der Waals surface area contributed by atoms with Crippen molar-refractivity contribution in [3.05, 3.63) is 0 Å². The van der Waals surface area contributed by atoms with Crippen LogP contribution in [0.1, 0.15) is 46.0 Å². The number of hydrogen-bond acceptors (Lipinski definition) is 3. The van der Waals surface area contributed by atoms with Gasteiger partial charge in [-0.2, -0.15) is 11.8 Å². The Labute approximate surface area is 107 Å². The van der Waals surface area contributed by atoms with Crippen molar-refractivity contribution in [3.63, 3.8) is 0 Å². The molecule has 2 fully saturated rings. The smallest absolute Gasteiger partial charge is 0.313 e. The van der Waals surface area contributed by atoms with Gasteiger partial charge in [0, 0.05) is 5.75 Å². The molecule has 0 radical (unpaired) electrons. The molecule has 0 spiro atoms. The van der Waals surface area contributed by atoms with Crippen LogP contribution < -0.4 is 0 Å². The second-order valence-electron chi connectivity index (χ2n) is 6.42. The van der Waals surface area contributed by atoms with Gasteiger partial charge in [-0.25, -0.2) is 0 Å². The molecule has 2 atom stereocenters. The number of thioether (sulfide) groups is 1. The fraction of sp³-hybridized carbons (Fsp3) is 0.923. The summed E-state index contributed by atoms with van der Waals surface area (Å²) in [6, 6.07) is 0. The van der Waals surface area contributed by atoms with Gasteiger partial charge in [0.2, 0.25) is 0 Å². The Morgan fingerprint density at radius 3 is 2.41 bits per heavy atom. The van der Waals surface area contributed by atoms with Crippen molar-refractivity contribution in [1.29, 1.82) is 0 Å². The highest BCUT2D eigenvalue weighted by atomic mass is 32.2. The van der Waals surface area contributed by atoms with Gasteiger partial charge in [0.1, 0.15) is 5.41 Å². The van der Waals surface area contributed by atoms with Crippen LogP contribution in [0.2, 0.25) is 0 Å². The van der Waals surface area contributed by atoms with Crippen molar-refractivity contribution in [2.45, 2.75) is 51.6 Å². The Bertz CT molecular complexity index is 321. The largest absolute Gasteiger partial charge is 0.481 e. The highest BCUT2D eigenvalue weighted by Gasteiger charge is 2.59. The van der Waals surface area contributed by atoms with Crippen LogP contribution in [0.5, 0.6) is 0 Å². The molecule has 1 aliphatic carbocycles. The molecule has 0 aromatic carbocycles. The Morgan fingerprint density at radius 1 is 1.24 bits per heavy atom. The van der Waals surface area contributed by atoms with Crippen molar-refractivity contribution in [1.82, 2.24) is 0 Å². The number of aliphatic hydroxyl groups is 1. The molecule has 2 unspecified atom stereocenters. The van der Waals surface area contributed by atoms with Crippen molar-refractivity contribution < 1.29 is 15.0 Å². The lowest BCUT2D eigenvalue weighted by Crippen LogP contribution is -2.57. The lowest BCUT2D eigenvalue weighted by atomic mass is 9.59. The first-order valence-corrected chi connectivity index (χ1v) is 7.50. The molecule has 3 nitrogen and oxygen atoms in total. The molecule has 17 heavy (non-hydrogen) atoms. The normalized spacial score (nSPS) is 41.4. The number of carboxylic acid groups (broad SMARTS) is 1. The van der Waals surface area contributed by atoms with Crippen LogP contribution >= 0.6 is 11.8 Å². The van der Waals surface area contributed by atoms with Crippen LogP contribution in [0.25, 0.3) is 0 Å². The van der Waals surface area contributed by atoms with E-state index in [0.717, 1.165) is 18.6 Å². The number of hydrogen-bond donors (Lipinski definition) is 2. The van der Waals surface area contributed by atoms with Gasteiger partial charge in [0.05, 0.1) is 5.60 Å². The summed E-state index contributed by atoms with van der Waals surface area (Å²) in [7, 11) is 0. The summed E-state index contributed by atoms with van der Waals surface area (Å²) in [5.41, 5.74) is -1.86. The fourth-order valence-corrected chi connectivity index (χ4v) is 5.06. The highest BCUT2D eigenvalue weighted by Crippen LogP contribution is 2.54. The predicted octanol–water partition coefficient (Wildman–Crippen LogP) is 2.53. The molecular weight excluding hydrogens is 236 g/mol. The molecule has 0 aromatic rings. The van der Waals surface area contributed by atoms with Crippen LogP contribution in [0.3, 0.4) is 0 Å². The van der Waals surface area contributed by atoms with Gasteiger partial charge in [-0.05, 0) is 36.9 Å². The minimum absolute atomic E-state index is 0.0582. The van der Waals surface area contributed by atoms with Crippen molar-refractivity contribution in [2.75, 3.05) is 11.5 Å². The lowest BCUT2D eigenvalue weighted by molar-refractivity contribution is -0.176. The zero-order valence-electron chi connectivity index (χ0n) is 10.7. The molecule has 0 amide bonds. The van der Waals surface area contributed by atoms with E-state index in [4.69, 9.17) is 0 Å². The summed E-state index contributed by atoms with van der Waals surface area (Å²) in [4.78, 5) is 11.7. The minimum Gasteiger partial charge on any atom is -0.481 e. The lowest BCUT2D eigenvalue weighted by Gasteiger charge is -2.49. The van der Waals surface area contributed by atoms with Crippen molar-refractivity contribution in [3.8, 4) is 0 Å². The van der Waals surface area contributed by atoms with Gasteiger partial charge in [0.25, 0.3) is 0 Å². The third kappa shape index (κ3) is 2.10. The average molecular weight is 258 g/mol. The maximum absolute atomic E-state index is 11.7. The van der Waals surface area contributed by atoms with Crippen LogP contribution in [-0.4, -0.2) is 33.3 Å². The van der Waals surface area contributed by atoms with Crippen molar-refractivity contribution in [2.24, 2.45) is 10.8 Å². The first-order chi connectivity index (χ1) is 7.81. The van der Waals surface area contributed by atoms with Crippen LogP contribution in [0.15, 0.2) is 0 Å². The predicted molar refractivity (Wildman–Crippen MR) is 69.2 cm³/mol.